The maximum absolute atomic E-state index is 5.19. The van der Waals surface area contributed by atoms with Crippen LogP contribution in [0.3, 0.4) is 0 Å². The number of hydrogen-bond donors (Lipinski definition) is 0. The lowest BCUT2D eigenvalue weighted by Crippen LogP contribution is -1.98. The number of benzene rings is 3. The number of aromatic nitrogens is 3. The van der Waals surface area contributed by atoms with Crippen LogP contribution in [0.4, 0.5) is 11.6 Å². The SMILES string of the molecule is COc1ccc(N=Nc2ncc3n(Cc4ccccc4)c4ccccc4n23)cc1. The minimum Gasteiger partial charge on any atom is -0.497 e. The van der Waals surface area contributed by atoms with Crippen molar-refractivity contribution in [2.45, 2.75) is 6.54 Å². The number of hydrogen-bond acceptors (Lipinski definition) is 4. The molecule has 0 aliphatic heterocycles. The molecule has 0 bridgehead atoms. The number of ether oxygens (including phenoxy) is 1. The highest BCUT2D eigenvalue weighted by molar-refractivity contribution is 5.83. The summed E-state index contributed by atoms with van der Waals surface area (Å²) in [6.07, 6.45) is 1.85. The zero-order valence-corrected chi connectivity index (χ0v) is 15.9. The average molecular weight is 381 g/mol. The van der Waals surface area contributed by atoms with Gasteiger partial charge in [0.25, 0.3) is 5.95 Å². The van der Waals surface area contributed by atoms with Crippen LogP contribution in [0.25, 0.3) is 16.7 Å². The highest BCUT2D eigenvalue weighted by atomic mass is 16.5. The van der Waals surface area contributed by atoms with Gasteiger partial charge in [0.2, 0.25) is 0 Å². The third-order valence-electron chi connectivity index (χ3n) is 4.93. The van der Waals surface area contributed by atoms with Crippen molar-refractivity contribution in [2.24, 2.45) is 10.2 Å². The van der Waals surface area contributed by atoms with Gasteiger partial charge in [-0.05, 0) is 42.0 Å². The summed E-state index contributed by atoms with van der Waals surface area (Å²) < 4.78 is 9.49. The van der Waals surface area contributed by atoms with Crippen LogP contribution < -0.4 is 4.74 Å². The molecule has 0 unspecified atom stereocenters. The van der Waals surface area contributed by atoms with Crippen molar-refractivity contribution in [1.82, 2.24) is 14.0 Å². The highest BCUT2D eigenvalue weighted by Crippen LogP contribution is 2.28. The van der Waals surface area contributed by atoms with E-state index in [-0.39, 0.29) is 0 Å². The fraction of sp³-hybridized carbons (Fsp3) is 0.0870. The van der Waals surface area contributed by atoms with Crippen molar-refractivity contribution in [3.8, 4) is 5.75 Å². The largest absolute Gasteiger partial charge is 0.497 e. The zero-order valence-electron chi connectivity index (χ0n) is 15.9. The molecule has 5 rings (SSSR count). The Labute approximate surface area is 167 Å². The second kappa shape index (κ2) is 7.24. The van der Waals surface area contributed by atoms with Crippen LogP contribution in [0.1, 0.15) is 5.56 Å². The molecule has 142 valence electrons. The minimum absolute atomic E-state index is 0.554. The molecule has 2 heterocycles. The lowest BCUT2D eigenvalue weighted by Gasteiger charge is -2.05. The van der Waals surface area contributed by atoms with Gasteiger partial charge in [0.15, 0.2) is 0 Å². The molecule has 0 fully saturated rings. The van der Waals surface area contributed by atoms with E-state index in [1.54, 1.807) is 7.11 Å². The van der Waals surface area contributed by atoms with Crippen molar-refractivity contribution in [1.29, 1.82) is 0 Å². The van der Waals surface area contributed by atoms with Gasteiger partial charge in [-0.2, -0.15) is 0 Å². The van der Waals surface area contributed by atoms with E-state index in [2.05, 4.69) is 62.2 Å². The Morgan fingerprint density at radius 1 is 0.828 bits per heavy atom. The predicted molar refractivity (Wildman–Crippen MR) is 113 cm³/mol. The predicted octanol–water partition coefficient (Wildman–Crippen LogP) is 5.76. The molecule has 0 saturated carbocycles. The van der Waals surface area contributed by atoms with Crippen molar-refractivity contribution < 1.29 is 4.74 Å². The second-order valence-corrected chi connectivity index (χ2v) is 6.71. The molecule has 0 aliphatic rings. The fourth-order valence-electron chi connectivity index (χ4n) is 3.51. The Kier molecular flexibility index (Phi) is 4.29. The number of methoxy groups -OCH3 is 1. The Morgan fingerprint density at radius 3 is 2.31 bits per heavy atom. The number of nitrogens with zero attached hydrogens (tertiary/aromatic N) is 5. The topological polar surface area (TPSA) is 56.2 Å². The molecule has 6 heteroatoms. The molecule has 0 aliphatic carbocycles. The quantitative estimate of drug-likeness (QED) is 0.363. The normalized spacial score (nSPS) is 11.6. The van der Waals surface area contributed by atoms with Gasteiger partial charge in [0.05, 0.1) is 30.0 Å². The van der Waals surface area contributed by atoms with Crippen molar-refractivity contribution in [3.63, 3.8) is 0 Å². The third-order valence-corrected chi connectivity index (χ3v) is 4.93. The summed E-state index contributed by atoms with van der Waals surface area (Å²) in [6, 6.07) is 26.1. The number of fused-ring (bicyclic) bond motifs is 3. The fourth-order valence-corrected chi connectivity index (χ4v) is 3.51. The van der Waals surface area contributed by atoms with Gasteiger partial charge in [-0.15, -0.1) is 10.2 Å². The van der Waals surface area contributed by atoms with Gasteiger partial charge in [-0.1, -0.05) is 42.5 Å². The maximum atomic E-state index is 5.19. The Morgan fingerprint density at radius 2 is 1.55 bits per heavy atom. The Balaban J connectivity index is 1.59. The molecule has 0 radical (unpaired) electrons. The van der Waals surface area contributed by atoms with Gasteiger partial charge in [-0.3, -0.25) is 4.40 Å². The van der Waals surface area contributed by atoms with E-state index in [0.717, 1.165) is 34.7 Å². The number of azo groups is 1. The molecule has 0 N–H and O–H groups in total. The van der Waals surface area contributed by atoms with Gasteiger partial charge in [0.1, 0.15) is 11.4 Å². The number of para-hydroxylation sites is 2. The average Bonchev–Trinajstić information content (AvgIpc) is 3.33. The van der Waals surface area contributed by atoms with Gasteiger partial charge in [-0.25, -0.2) is 4.98 Å². The van der Waals surface area contributed by atoms with E-state index in [1.165, 1.54) is 5.56 Å². The van der Waals surface area contributed by atoms with Crippen LogP contribution >= 0.6 is 0 Å². The summed E-state index contributed by atoms with van der Waals surface area (Å²) in [5, 5.41) is 8.76. The molecular formula is C23H19N5O. The van der Waals surface area contributed by atoms with E-state index >= 15 is 0 Å². The van der Waals surface area contributed by atoms with Crippen LogP contribution in [0.15, 0.2) is 95.3 Å². The Bertz CT molecular complexity index is 1300. The lowest BCUT2D eigenvalue weighted by atomic mass is 10.2. The molecular weight excluding hydrogens is 362 g/mol. The van der Waals surface area contributed by atoms with E-state index in [4.69, 9.17) is 4.74 Å². The molecule has 0 amide bonds. The molecule has 0 atom stereocenters. The van der Waals surface area contributed by atoms with Crippen LogP contribution in [-0.4, -0.2) is 21.1 Å². The van der Waals surface area contributed by atoms with Crippen molar-refractivity contribution in [3.05, 3.63) is 90.6 Å². The van der Waals surface area contributed by atoms with Crippen LogP contribution in [0, 0.1) is 0 Å². The first kappa shape index (κ1) is 17.2. The molecule has 29 heavy (non-hydrogen) atoms. The van der Waals surface area contributed by atoms with Gasteiger partial charge in [0, 0.05) is 6.54 Å². The lowest BCUT2D eigenvalue weighted by molar-refractivity contribution is 0.415. The molecule has 3 aromatic carbocycles. The van der Waals surface area contributed by atoms with Gasteiger partial charge >= 0.3 is 0 Å². The van der Waals surface area contributed by atoms with E-state index in [1.807, 2.05) is 47.0 Å². The van der Waals surface area contributed by atoms with E-state index < -0.39 is 0 Å². The highest BCUT2D eigenvalue weighted by Gasteiger charge is 2.15. The number of imidazole rings is 2. The van der Waals surface area contributed by atoms with Crippen molar-refractivity contribution >= 4 is 28.3 Å². The Hall–Kier alpha value is -3.93. The summed E-state index contributed by atoms with van der Waals surface area (Å²) in [4.78, 5) is 4.51. The summed E-state index contributed by atoms with van der Waals surface area (Å²) in [7, 11) is 1.64. The number of rotatable bonds is 5. The monoisotopic (exact) mass is 381 g/mol. The molecule has 2 aromatic heterocycles. The first-order valence-electron chi connectivity index (χ1n) is 9.38. The summed E-state index contributed by atoms with van der Waals surface area (Å²) in [6.45, 7) is 0.763. The third kappa shape index (κ3) is 3.14. The van der Waals surface area contributed by atoms with Crippen LogP contribution in [0.2, 0.25) is 0 Å². The van der Waals surface area contributed by atoms with E-state index in [9.17, 15) is 0 Å². The van der Waals surface area contributed by atoms with Crippen molar-refractivity contribution in [2.75, 3.05) is 7.11 Å². The zero-order chi connectivity index (χ0) is 19.6. The minimum atomic E-state index is 0.554. The smallest absolute Gasteiger partial charge is 0.255 e. The maximum Gasteiger partial charge on any atom is 0.255 e. The first-order chi connectivity index (χ1) is 14.3. The molecule has 0 spiro atoms. The molecule has 0 saturated heterocycles. The molecule has 5 aromatic rings. The van der Waals surface area contributed by atoms with Gasteiger partial charge < -0.3 is 9.30 Å². The van der Waals surface area contributed by atoms with E-state index in [0.29, 0.717) is 5.95 Å². The summed E-state index contributed by atoms with van der Waals surface area (Å²) >= 11 is 0. The van der Waals surface area contributed by atoms with Crippen LogP contribution in [-0.2, 0) is 6.54 Å². The summed E-state index contributed by atoms with van der Waals surface area (Å²) in [5.41, 5.74) is 5.15. The standard InChI is InChI=1S/C23H19N5O/c1-29-19-13-11-18(12-14-19)25-26-23-24-15-22-27(16-17-7-3-2-4-8-17)20-9-5-6-10-21(20)28(22)23/h2-15H,16H2,1H3. The first-order valence-corrected chi connectivity index (χ1v) is 9.38. The molecule has 6 nitrogen and oxygen atoms in total. The van der Waals surface area contributed by atoms with Crippen LogP contribution in [0.5, 0.6) is 5.75 Å². The second-order valence-electron chi connectivity index (χ2n) is 6.71. The summed E-state index contributed by atoms with van der Waals surface area (Å²) in [5.74, 6) is 1.34.